The summed E-state index contributed by atoms with van der Waals surface area (Å²) in [5.74, 6) is -0.577. The molecule has 3 aromatic rings. The average molecular weight is 586 g/mol. The van der Waals surface area contributed by atoms with E-state index >= 15 is 0 Å². The van der Waals surface area contributed by atoms with Crippen molar-refractivity contribution < 1.29 is 22.7 Å². The Bertz CT molecular complexity index is 1410. The lowest BCUT2D eigenvalue weighted by molar-refractivity contribution is -0.140. The second-order valence-corrected chi connectivity index (χ2v) is 11.6. The molecule has 0 aliphatic rings. The van der Waals surface area contributed by atoms with Crippen LogP contribution in [0.2, 0.25) is 5.02 Å². The Morgan fingerprint density at radius 3 is 2.25 bits per heavy atom. The summed E-state index contributed by atoms with van der Waals surface area (Å²) in [5, 5.41) is 3.31. The number of carbonyl (C=O) groups is 2. The van der Waals surface area contributed by atoms with Crippen molar-refractivity contribution in [3.8, 4) is 5.75 Å². The van der Waals surface area contributed by atoms with Gasteiger partial charge in [0.1, 0.15) is 18.3 Å². The lowest BCUT2D eigenvalue weighted by Gasteiger charge is -2.33. The Hall–Kier alpha value is -3.56. The quantitative estimate of drug-likeness (QED) is 0.298. The third-order valence-electron chi connectivity index (χ3n) is 6.48. The fourth-order valence-electron chi connectivity index (χ4n) is 4.28. The topological polar surface area (TPSA) is 96.0 Å². The number of nitrogens with zero attached hydrogens (tertiary/aromatic N) is 2. The summed E-state index contributed by atoms with van der Waals surface area (Å²) in [4.78, 5) is 28.7. The number of amides is 2. The molecule has 0 aliphatic carbocycles. The number of methoxy groups -OCH3 is 1. The van der Waals surface area contributed by atoms with E-state index in [1.807, 2.05) is 20.8 Å². The molecule has 1 atom stereocenters. The number of carbonyl (C=O) groups excluding carboxylic acids is 2. The van der Waals surface area contributed by atoms with Crippen molar-refractivity contribution in [1.29, 1.82) is 0 Å². The molecule has 0 unspecified atom stereocenters. The summed E-state index contributed by atoms with van der Waals surface area (Å²) in [7, 11) is -2.76. The molecule has 0 saturated heterocycles. The van der Waals surface area contributed by atoms with Crippen LogP contribution in [-0.2, 0) is 26.2 Å². The molecule has 214 valence electrons. The highest BCUT2D eigenvalue weighted by Crippen LogP contribution is 2.33. The summed E-state index contributed by atoms with van der Waals surface area (Å²) < 4.78 is 34.5. The van der Waals surface area contributed by atoms with E-state index in [9.17, 15) is 18.0 Å². The maximum absolute atomic E-state index is 14.1. The molecule has 2 amide bonds. The predicted molar refractivity (Wildman–Crippen MR) is 158 cm³/mol. The number of rotatable bonds is 13. The van der Waals surface area contributed by atoms with Crippen molar-refractivity contribution in [3.63, 3.8) is 0 Å². The minimum absolute atomic E-state index is 0.0287. The van der Waals surface area contributed by atoms with E-state index in [1.165, 1.54) is 24.1 Å². The Morgan fingerprint density at radius 1 is 0.975 bits per heavy atom. The standard InChI is InChI=1S/C30H36ClN3O5S/c1-5-19-32-30(36)26(6-2)33(20-23-11-7-8-12-25(23)31)29(35)21-34(27-13-9-10-14-28(27)39-4)40(37,38)24-17-15-22(3)16-18-24/h7-18,26H,5-6,19-21H2,1-4H3,(H,32,36)/t26-/m0/s1. The van der Waals surface area contributed by atoms with Crippen molar-refractivity contribution >= 4 is 39.1 Å². The van der Waals surface area contributed by atoms with Crippen LogP contribution in [0, 0.1) is 6.92 Å². The third kappa shape index (κ3) is 7.34. The first-order chi connectivity index (χ1) is 19.1. The molecular formula is C30H36ClN3O5S. The lowest BCUT2D eigenvalue weighted by Crippen LogP contribution is -2.52. The first kappa shape index (κ1) is 31.0. The zero-order valence-corrected chi connectivity index (χ0v) is 24.8. The molecule has 3 aromatic carbocycles. The molecule has 0 fully saturated rings. The normalized spacial score (nSPS) is 11.9. The van der Waals surface area contributed by atoms with Crippen LogP contribution >= 0.6 is 11.6 Å². The van der Waals surface area contributed by atoms with Gasteiger partial charge in [-0.1, -0.05) is 73.5 Å². The van der Waals surface area contributed by atoms with Gasteiger partial charge in [-0.05, 0) is 55.7 Å². The molecule has 0 aliphatic heterocycles. The van der Waals surface area contributed by atoms with Gasteiger partial charge in [0.05, 0.1) is 17.7 Å². The molecule has 0 radical (unpaired) electrons. The van der Waals surface area contributed by atoms with Crippen molar-refractivity contribution in [2.75, 3.05) is 24.5 Å². The van der Waals surface area contributed by atoms with Gasteiger partial charge in [-0.15, -0.1) is 0 Å². The van der Waals surface area contributed by atoms with Gasteiger partial charge in [0.25, 0.3) is 10.0 Å². The number of hydrogen-bond donors (Lipinski definition) is 1. The summed E-state index contributed by atoms with van der Waals surface area (Å²) in [5.41, 5.74) is 1.75. The SMILES string of the molecule is CCCNC(=O)[C@H](CC)N(Cc1ccccc1Cl)C(=O)CN(c1ccccc1OC)S(=O)(=O)c1ccc(C)cc1. The van der Waals surface area contributed by atoms with Gasteiger partial charge >= 0.3 is 0 Å². The highest BCUT2D eigenvalue weighted by atomic mass is 35.5. The van der Waals surface area contributed by atoms with E-state index in [-0.39, 0.29) is 28.8 Å². The van der Waals surface area contributed by atoms with Gasteiger partial charge < -0.3 is 15.0 Å². The number of hydrogen-bond acceptors (Lipinski definition) is 5. The van der Waals surface area contributed by atoms with Crippen LogP contribution in [0.4, 0.5) is 5.69 Å². The van der Waals surface area contributed by atoms with Crippen LogP contribution in [0.5, 0.6) is 5.75 Å². The predicted octanol–water partition coefficient (Wildman–Crippen LogP) is 5.19. The fraction of sp³-hybridized carbons (Fsp3) is 0.333. The number of ether oxygens (including phenoxy) is 1. The Labute approximate surface area is 241 Å². The lowest BCUT2D eigenvalue weighted by atomic mass is 10.1. The Kier molecular flexibility index (Phi) is 11.0. The molecule has 0 aromatic heterocycles. The zero-order valence-electron chi connectivity index (χ0n) is 23.3. The maximum Gasteiger partial charge on any atom is 0.264 e. The van der Waals surface area contributed by atoms with Crippen molar-refractivity contribution in [3.05, 3.63) is 88.9 Å². The van der Waals surface area contributed by atoms with E-state index in [1.54, 1.807) is 60.7 Å². The molecule has 0 spiro atoms. The van der Waals surface area contributed by atoms with Crippen LogP contribution in [0.25, 0.3) is 0 Å². The van der Waals surface area contributed by atoms with Gasteiger partial charge in [-0.3, -0.25) is 13.9 Å². The Balaban J connectivity index is 2.10. The zero-order chi connectivity index (χ0) is 29.3. The molecule has 10 heteroatoms. The van der Waals surface area contributed by atoms with Gasteiger partial charge in [0, 0.05) is 18.1 Å². The highest BCUT2D eigenvalue weighted by Gasteiger charge is 2.34. The first-order valence-corrected chi connectivity index (χ1v) is 15.0. The number of nitrogens with one attached hydrogen (secondary N) is 1. The third-order valence-corrected chi connectivity index (χ3v) is 8.62. The van der Waals surface area contributed by atoms with Gasteiger partial charge in [0.2, 0.25) is 11.8 Å². The maximum atomic E-state index is 14.1. The number of anilines is 1. The van der Waals surface area contributed by atoms with E-state index in [0.717, 1.165) is 16.3 Å². The van der Waals surface area contributed by atoms with Crippen LogP contribution in [-0.4, -0.2) is 51.4 Å². The van der Waals surface area contributed by atoms with E-state index in [4.69, 9.17) is 16.3 Å². The fourth-order valence-corrected chi connectivity index (χ4v) is 5.90. The van der Waals surface area contributed by atoms with Gasteiger partial charge in [0.15, 0.2) is 0 Å². The number of sulfonamides is 1. The Morgan fingerprint density at radius 2 is 1.62 bits per heavy atom. The van der Waals surface area contributed by atoms with Crippen molar-refractivity contribution in [2.45, 2.75) is 51.1 Å². The van der Waals surface area contributed by atoms with E-state index in [0.29, 0.717) is 23.6 Å². The summed E-state index contributed by atoms with van der Waals surface area (Å²) in [6.07, 6.45) is 1.06. The largest absolute Gasteiger partial charge is 0.495 e. The second kappa shape index (κ2) is 14.2. The number of para-hydroxylation sites is 2. The second-order valence-electron chi connectivity index (χ2n) is 9.32. The monoisotopic (exact) mass is 585 g/mol. The molecule has 0 saturated carbocycles. The molecular weight excluding hydrogens is 550 g/mol. The summed E-state index contributed by atoms with van der Waals surface area (Å²) >= 11 is 6.43. The van der Waals surface area contributed by atoms with E-state index in [2.05, 4.69) is 5.32 Å². The average Bonchev–Trinajstić information content (AvgIpc) is 2.95. The van der Waals surface area contributed by atoms with Crippen LogP contribution in [0.3, 0.4) is 0 Å². The van der Waals surface area contributed by atoms with Gasteiger partial charge in [-0.25, -0.2) is 8.42 Å². The van der Waals surface area contributed by atoms with Crippen LogP contribution in [0.1, 0.15) is 37.8 Å². The smallest absolute Gasteiger partial charge is 0.264 e. The molecule has 40 heavy (non-hydrogen) atoms. The highest BCUT2D eigenvalue weighted by molar-refractivity contribution is 7.92. The number of benzene rings is 3. The molecule has 1 N–H and O–H groups in total. The molecule has 0 heterocycles. The van der Waals surface area contributed by atoms with Gasteiger partial charge in [-0.2, -0.15) is 0 Å². The van der Waals surface area contributed by atoms with Crippen LogP contribution < -0.4 is 14.4 Å². The minimum atomic E-state index is -4.20. The van der Waals surface area contributed by atoms with E-state index < -0.39 is 28.5 Å². The minimum Gasteiger partial charge on any atom is -0.495 e. The van der Waals surface area contributed by atoms with Crippen LogP contribution in [0.15, 0.2) is 77.7 Å². The summed E-state index contributed by atoms with van der Waals surface area (Å²) in [6, 6.07) is 19.2. The number of halogens is 1. The number of aryl methyl sites for hydroxylation is 1. The molecule has 3 rings (SSSR count). The van der Waals surface area contributed by atoms with Crippen molar-refractivity contribution in [2.24, 2.45) is 0 Å². The first-order valence-electron chi connectivity index (χ1n) is 13.2. The molecule has 8 nitrogen and oxygen atoms in total. The molecule has 0 bridgehead atoms. The summed E-state index contributed by atoms with van der Waals surface area (Å²) in [6.45, 7) is 5.54. The van der Waals surface area contributed by atoms with Crippen molar-refractivity contribution in [1.82, 2.24) is 10.2 Å².